The lowest BCUT2D eigenvalue weighted by atomic mass is 9.82. The fourth-order valence-corrected chi connectivity index (χ4v) is 4.41. The van der Waals surface area contributed by atoms with Gasteiger partial charge in [0.15, 0.2) is 6.29 Å². The minimum absolute atomic E-state index is 0.170. The molecule has 0 N–H and O–H groups in total. The maximum Gasteiger partial charge on any atom is 0.334 e. The van der Waals surface area contributed by atoms with Gasteiger partial charge < -0.3 is 23.7 Å². The first-order chi connectivity index (χ1) is 13.2. The molecule has 0 saturated carbocycles. The predicted octanol–water partition coefficient (Wildman–Crippen LogP) is 2.21. The molecule has 0 aromatic rings. The Kier molecular flexibility index (Phi) is 4.72. The third kappa shape index (κ3) is 3.21. The van der Waals surface area contributed by atoms with Crippen LogP contribution in [0, 0.1) is 5.92 Å². The van der Waals surface area contributed by atoms with Crippen molar-refractivity contribution in [2.45, 2.75) is 69.9 Å². The van der Waals surface area contributed by atoms with Gasteiger partial charge >= 0.3 is 11.9 Å². The summed E-state index contributed by atoms with van der Waals surface area (Å²) in [5, 5.41) is 0. The van der Waals surface area contributed by atoms with E-state index in [4.69, 9.17) is 23.7 Å². The first kappa shape index (κ1) is 19.4. The van der Waals surface area contributed by atoms with E-state index in [1.165, 1.54) is 0 Å². The molecule has 7 heteroatoms. The summed E-state index contributed by atoms with van der Waals surface area (Å²) in [6.45, 7) is 13.5. The zero-order valence-electron chi connectivity index (χ0n) is 16.4. The van der Waals surface area contributed by atoms with Gasteiger partial charge in [0.1, 0.15) is 18.3 Å². The quantitative estimate of drug-likeness (QED) is 0.315. The molecule has 2 fully saturated rings. The van der Waals surface area contributed by atoms with Gasteiger partial charge in [-0.05, 0) is 26.3 Å². The van der Waals surface area contributed by atoms with Crippen molar-refractivity contribution in [3.63, 3.8) is 0 Å². The Labute approximate surface area is 164 Å². The lowest BCUT2D eigenvalue weighted by Gasteiger charge is -2.28. The highest BCUT2D eigenvalue weighted by molar-refractivity contribution is 5.91. The Morgan fingerprint density at radius 3 is 2.86 bits per heavy atom. The van der Waals surface area contributed by atoms with Crippen molar-refractivity contribution in [1.29, 1.82) is 0 Å². The number of carbonyl (C=O) groups excluding carboxylic acids is 2. The van der Waals surface area contributed by atoms with Crippen LogP contribution >= 0.6 is 0 Å². The second-order valence-electron chi connectivity index (χ2n) is 8.11. The summed E-state index contributed by atoms with van der Waals surface area (Å²) < 4.78 is 29.1. The SMILES string of the molecule is C=C(C)C(=O)O[C@H]1CC2=C[C@@H](C[C@]3(C)O[C@@H]3[C@H]3OC(=O)C(=C)[C@@H]31)O[C@H]2OCC. The van der Waals surface area contributed by atoms with Crippen LogP contribution in [0.15, 0.2) is 36.0 Å². The number of hydrogen-bond donors (Lipinski definition) is 0. The maximum absolute atomic E-state index is 12.3. The molecule has 0 radical (unpaired) electrons. The summed E-state index contributed by atoms with van der Waals surface area (Å²) in [7, 11) is 0. The number of ether oxygens (including phenoxy) is 5. The van der Waals surface area contributed by atoms with Gasteiger partial charge in [0, 0.05) is 30.6 Å². The average Bonchev–Trinajstić information content (AvgIpc) is 3.00. The summed E-state index contributed by atoms with van der Waals surface area (Å²) in [5.74, 6) is -1.49. The molecule has 0 aromatic carbocycles. The standard InChI is InChI=1S/C21H26O7/c1-6-24-20-12-7-13(25-20)9-21(5)17(28-21)16-15(11(4)19(23)27-16)14(8-12)26-18(22)10(2)3/h7,13-17,20H,2,4,6,8-9H2,1,3,5H3/t13-,14-,15+,16-,17+,20+,21-/m0/s1. The zero-order chi connectivity index (χ0) is 20.2. The zero-order valence-corrected chi connectivity index (χ0v) is 16.4. The molecule has 0 spiro atoms. The molecule has 3 aliphatic heterocycles. The third-order valence-corrected chi connectivity index (χ3v) is 5.87. The summed E-state index contributed by atoms with van der Waals surface area (Å²) in [5.41, 5.74) is 0.987. The molecule has 0 unspecified atom stereocenters. The fraction of sp³-hybridized carbons (Fsp3) is 0.619. The maximum atomic E-state index is 12.3. The molecule has 2 bridgehead atoms. The molecule has 2 saturated heterocycles. The molecule has 4 rings (SSSR count). The van der Waals surface area contributed by atoms with Crippen molar-refractivity contribution in [2.75, 3.05) is 6.61 Å². The van der Waals surface area contributed by atoms with Gasteiger partial charge in [-0.15, -0.1) is 0 Å². The van der Waals surface area contributed by atoms with Gasteiger partial charge in [0.05, 0.1) is 17.6 Å². The van der Waals surface area contributed by atoms with Crippen molar-refractivity contribution in [3.05, 3.63) is 36.0 Å². The van der Waals surface area contributed by atoms with Gasteiger partial charge in [-0.1, -0.05) is 19.2 Å². The first-order valence-electron chi connectivity index (χ1n) is 9.65. The second-order valence-corrected chi connectivity index (χ2v) is 8.11. The van der Waals surface area contributed by atoms with Gasteiger partial charge in [-0.3, -0.25) is 0 Å². The molecule has 4 aliphatic rings. The molecule has 7 nitrogen and oxygen atoms in total. The molecule has 0 aromatic heterocycles. The largest absolute Gasteiger partial charge is 0.458 e. The summed E-state index contributed by atoms with van der Waals surface area (Å²) >= 11 is 0. The summed E-state index contributed by atoms with van der Waals surface area (Å²) in [6, 6.07) is 0. The van der Waals surface area contributed by atoms with Gasteiger partial charge in [0.25, 0.3) is 0 Å². The number of carbonyl (C=O) groups is 2. The van der Waals surface area contributed by atoms with E-state index in [1.807, 2.05) is 19.9 Å². The number of epoxide rings is 1. The highest BCUT2D eigenvalue weighted by Crippen LogP contribution is 2.52. The van der Waals surface area contributed by atoms with E-state index in [0.29, 0.717) is 25.0 Å². The highest BCUT2D eigenvalue weighted by Gasteiger charge is 2.65. The van der Waals surface area contributed by atoms with Crippen LogP contribution < -0.4 is 0 Å². The van der Waals surface area contributed by atoms with Crippen molar-refractivity contribution in [2.24, 2.45) is 5.92 Å². The van der Waals surface area contributed by atoms with Crippen LogP contribution in [0.1, 0.15) is 33.6 Å². The van der Waals surface area contributed by atoms with Crippen molar-refractivity contribution in [1.82, 2.24) is 0 Å². The molecule has 0 amide bonds. The molecule has 1 aliphatic carbocycles. The van der Waals surface area contributed by atoms with Gasteiger partial charge in [0.2, 0.25) is 0 Å². The Bertz CT molecular complexity index is 769. The molecule has 3 heterocycles. The van der Waals surface area contributed by atoms with Crippen LogP contribution in [0.5, 0.6) is 0 Å². The molecular weight excluding hydrogens is 364 g/mol. The van der Waals surface area contributed by atoms with Crippen molar-refractivity contribution < 1.29 is 33.3 Å². The van der Waals surface area contributed by atoms with E-state index in [1.54, 1.807) is 6.92 Å². The number of fused-ring (bicyclic) bond motifs is 4. The van der Waals surface area contributed by atoms with E-state index in [9.17, 15) is 9.59 Å². The Morgan fingerprint density at radius 2 is 2.18 bits per heavy atom. The van der Waals surface area contributed by atoms with Crippen molar-refractivity contribution in [3.8, 4) is 0 Å². The molecule has 152 valence electrons. The minimum Gasteiger partial charge on any atom is -0.458 e. The van der Waals surface area contributed by atoms with E-state index in [-0.39, 0.29) is 17.8 Å². The van der Waals surface area contributed by atoms with Crippen LogP contribution in [0.3, 0.4) is 0 Å². The van der Waals surface area contributed by atoms with Crippen LogP contribution in [0.4, 0.5) is 0 Å². The lowest BCUT2D eigenvalue weighted by Crippen LogP contribution is -2.39. The fourth-order valence-electron chi connectivity index (χ4n) is 4.41. The third-order valence-electron chi connectivity index (χ3n) is 5.87. The molecular formula is C21H26O7. The van der Waals surface area contributed by atoms with E-state index >= 15 is 0 Å². The Balaban J connectivity index is 1.71. The number of esters is 2. The van der Waals surface area contributed by atoms with E-state index < -0.39 is 42.0 Å². The Morgan fingerprint density at radius 1 is 1.43 bits per heavy atom. The van der Waals surface area contributed by atoms with Gasteiger partial charge in [-0.2, -0.15) is 0 Å². The van der Waals surface area contributed by atoms with Crippen molar-refractivity contribution >= 4 is 11.9 Å². The molecule has 7 atom stereocenters. The predicted molar refractivity (Wildman–Crippen MR) is 98.1 cm³/mol. The minimum atomic E-state index is -0.656. The number of rotatable bonds is 4. The number of hydrogen-bond acceptors (Lipinski definition) is 7. The van der Waals surface area contributed by atoms with E-state index in [2.05, 4.69) is 13.2 Å². The monoisotopic (exact) mass is 390 g/mol. The lowest BCUT2D eigenvalue weighted by molar-refractivity contribution is -0.150. The highest BCUT2D eigenvalue weighted by atomic mass is 16.7. The second kappa shape index (κ2) is 6.83. The first-order valence-corrected chi connectivity index (χ1v) is 9.65. The summed E-state index contributed by atoms with van der Waals surface area (Å²) in [4.78, 5) is 24.6. The van der Waals surface area contributed by atoms with Crippen LogP contribution in [0.2, 0.25) is 0 Å². The van der Waals surface area contributed by atoms with Gasteiger partial charge in [-0.25, -0.2) is 9.59 Å². The van der Waals surface area contributed by atoms with Crippen LogP contribution in [0.25, 0.3) is 0 Å². The van der Waals surface area contributed by atoms with Crippen LogP contribution in [-0.4, -0.2) is 54.9 Å². The van der Waals surface area contributed by atoms with Crippen LogP contribution in [-0.2, 0) is 33.3 Å². The smallest absolute Gasteiger partial charge is 0.334 e. The normalized spacial score (nSPS) is 41.5. The average molecular weight is 390 g/mol. The van der Waals surface area contributed by atoms with E-state index in [0.717, 1.165) is 5.57 Å². The summed E-state index contributed by atoms with van der Waals surface area (Å²) in [6.07, 6.45) is 0.839. The molecule has 28 heavy (non-hydrogen) atoms. The Hall–Kier alpha value is -1.96. The topological polar surface area (TPSA) is 83.6 Å².